The van der Waals surface area contributed by atoms with Crippen molar-refractivity contribution >= 4 is 38.9 Å². The lowest BCUT2D eigenvalue weighted by molar-refractivity contribution is 0.0753. The Morgan fingerprint density at radius 3 is 2.40 bits per heavy atom. The first kappa shape index (κ1) is 19.9. The van der Waals surface area contributed by atoms with Gasteiger partial charge in [-0.1, -0.05) is 17.7 Å². The second kappa shape index (κ2) is 7.86. The molecule has 2 aromatic rings. The summed E-state index contributed by atoms with van der Waals surface area (Å²) in [5, 5.41) is 0. The number of sulfonamides is 1. The van der Waals surface area contributed by atoms with Gasteiger partial charge in [0.1, 0.15) is 0 Å². The standard InChI is InChI=1S/C17H21ClN2O3S2/c1-5-20(11-13-7-9-16(18)24-13)17(21)15-10-14(8-6-12(15)2)25(22,23)19(3)4/h6-10H,5,11H2,1-4H3. The Kier molecular flexibility index (Phi) is 6.26. The van der Waals surface area contributed by atoms with Crippen LogP contribution in [0.3, 0.4) is 0 Å². The van der Waals surface area contributed by atoms with Crippen LogP contribution < -0.4 is 0 Å². The van der Waals surface area contributed by atoms with Crippen molar-refractivity contribution in [3.63, 3.8) is 0 Å². The maximum absolute atomic E-state index is 12.9. The van der Waals surface area contributed by atoms with E-state index < -0.39 is 10.0 Å². The molecule has 1 amide bonds. The largest absolute Gasteiger partial charge is 0.334 e. The summed E-state index contributed by atoms with van der Waals surface area (Å²) in [6.45, 7) is 4.65. The first-order chi connectivity index (χ1) is 11.7. The summed E-state index contributed by atoms with van der Waals surface area (Å²) < 4.78 is 26.5. The van der Waals surface area contributed by atoms with Gasteiger partial charge in [0.15, 0.2) is 0 Å². The van der Waals surface area contributed by atoms with E-state index in [0.29, 0.717) is 23.0 Å². The van der Waals surface area contributed by atoms with Crippen molar-refractivity contribution in [2.45, 2.75) is 25.3 Å². The molecular weight excluding hydrogens is 380 g/mol. The summed E-state index contributed by atoms with van der Waals surface area (Å²) in [5.74, 6) is -0.194. The minimum Gasteiger partial charge on any atom is -0.334 e. The van der Waals surface area contributed by atoms with Crippen molar-refractivity contribution < 1.29 is 13.2 Å². The molecule has 0 aliphatic rings. The van der Waals surface area contributed by atoms with Gasteiger partial charge in [-0.05, 0) is 43.7 Å². The summed E-state index contributed by atoms with van der Waals surface area (Å²) in [6, 6.07) is 8.34. The van der Waals surface area contributed by atoms with Gasteiger partial charge in [0.25, 0.3) is 5.91 Å². The molecule has 0 N–H and O–H groups in total. The predicted octanol–water partition coefficient (Wildman–Crippen LogP) is 3.62. The summed E-state index contributed by atoms with van der Waals surface area (Å²) in [4.78, 5) is 15.7. The van der Waals surface area contributed by atoms with E-state index in [1.807, 2.05) is 13.0 Å². The molecule has 0 atom stereocenters. The van der Waals surface area contributed by atoms with E-state index in [0.717, 1.165) is 14.7 Å². The molecule has 0 aliphatic heterocycles. The summed E-state index contributed by atoms with van der Waals surface area (Å²) in [7, 11) is -0.655. The fourth-order valence-electron chi connectivity index (χ4n) is 2.33. The van der Waals surface area contributed by atoms with Crippen LogP contribution in [0.4, 0.5) is 0 Å². The van der Waals surface area contributed by atoms with Gasteiger partial charge < -0.3 is 4.90 Å². The molecule has 5 nitrogen and oxygen atoms in total. The summed E-state index contributed by atoms with van der Waals surface area (Å²) >= 11 is 7.38. The Morgan fingerprint density at radius 1 is 1.20 bits per heavy atom. The second-order valence-corrected chi connectivity index (χ2v) is 9.74. The van der Waals surface area contributed by atoms with Crippen molar-refractivity contribution in [2.24, 2.45) is 0 Å². The molecule has 8 heteroatoms. The zero-order valence-electron chi connectivity index (χ0n) is 14.6. The van der Waals surface area contributed by atoms with E-state index in [-0.39, 0.29) is 10.8 Å². The molecule has 0 fully saturated rings. The van der Waals surface area contributed by atoms with Crippen LogP contribution in [0.25, 0.3) is 0 Å². The van der Waals surface area contributed by atoms with Gasteiger partial charge in [-0.3, -0.25) is 4.79 Å². The number of benzene rings is 1. The fourth-order valence-corrected chi connectivity index (χ4v) is 4.36. The third-order valence-corrected chi connectivity index (χ3v) is 6.89. The van der Waals surface area contributed by atoms with Crippen LogP contribution in [0.1, 0.15) is 27.7 Å². The molecule has 1 aromatic carbocycles. The van der Waals surface area contributed by atoms with Crippen LogP contribution in [0, 0.1) is 6.92 Å². The van der Waals surface area contributed by atoms with Crippen molar-refractivity contribution in [3.05, 3.63) is 50.7 Å². The summed E-state index contributed by atoms with van der Waals surface area (Å²) in [6.07, 6.45) is 0. The predicted molar refractivity (Wildman–Crippen MR) is 102 cm³/mol. The van der Waals surface area contributed by atoms with Crippen LogP contribution in [0.5, 0.6) is 0 Å². The lowest BCUT2D eigenvalue weighted by atomic mass is 10.1. The van der Waals surface area contributed by atoms with Crippen LogP contribution in [-0.2, 0) is 16.6 Å². The molecule has 0 aliphatic carbocycles. The number of hydrogen-bond acceptors (Lipinski definition) is 4. The number of hydrogen-bond donors (Lipinski definition) is 0. The highest BCUT2D eigenvalue weighted by atomic mass is 35.5. The SMILES string of the molecule is CCN(Cc1ccc(Cl)s1)C(=O)c1cc(S(=O)(=O)N(C)C)ccc1C. The normalized spacial score (nSPS) is 11.8. The first-order valence-corrected chi connectivity index (χ1v) is 10.4. The number of carbonyl (C=O) groups is 1. The Hall–Kier alpha value is -1.41. The average molecular weight is 401 g/mol. The zero-order chi connectivity index (χ0) is 18.8. The minimum absolute atomic E-state index is 0.113. The number of halogens is 1. The van der Waals surface area contributed by atoms with E-state index in [2.05, 4.69) is 0 Å². The molecule has 1 heterocycles. The summed E-state index contributed by atoms with van der Waals surface area (Å²) in [5.41, 5.74) is 1.14. The Balaban J connectivity index is 2.36. The monoisotopic (exact) mass is 400 g/mol. The third-order valence-electron chi connectivity index (χ3n) is 3.86. The molecule has 1 aromatic heterocycles. The number of amides is 1. The molecule has 0 unspecified atom stereocenters. The smallest absolute Gasteiger partial charge is 0.254 e. The Bertz CT molecular complexity index is 876. The topological polar surface area (TPSA) is 57.7 Å². The first-order valence-electron chi connectivity index (χ1n) is 7.73. The lowest BCUT2D eigenvalue weighted by Crippen LogP contribution is -2.31. The number of thiophene rings is 1. The van der Waals surface area contributed by atoms with Crippen LogP contribution in [-0.4, -0.2) is 44.2 Å². The maximum Gasteiger partial charge on any atom is 0.254 e. The zero-order valence-corrected chi connectivity index (χ0v) is 17.0. The Morgan fingerprint density at radius 2 is 1.88 bits per heavy atom. The molecule has 0 radical (unpaired) electrons. The number of nitrogens with zero attached hydrogens (tertiary/aromatic N) is 2. The number of carbonyl (C=O) groups excluding carboxylic acids is 1. The number of aryl methyl sites for hydroxylation is 1. The maximum atomic E-state index is 12.9. The molecule has 136 valence electrons. The van der Waals surface area contributed by atoms with Crippen LogP contribution >= 0.6 is 22.9 Å². The fraction of sp³-hybridized carbons (Fsp3) is 0.353. The highest BCUT2D eigenvalue weighted by Gasteiger charge is 2.22. The van der Waals surface area contributed by atoms with Gasteiger partial charge in [0, 0.05) is 31.1 Å². The van der Waals surface area contributed by atoms with Gasteiger partial charge in [0.2, 0.25) is 10.0 Å². The van der Waals surface area contributed by atoms with Crippen molar-refractivity contribution in [1.29, 1.82) is 0 Å². The average Bonchev–Trinajstić information content (AvgIpc) is 2.97. The van der Waals surface area contributed by atoms with E-state index >= 15 is 0 Å². The second-order valence-electron chi connectivity index (χ2n) is 5.79. The van der Waals surface area contributed by atoms with E-state index in [9.17, 15) is 13.2 Å². The van der Waals surface area contributed by atoms with E-state index in [1.165, 1.54) is 37.6 Å². The Labute approximate surface area is 157 Å². The number of rotatable bonds is 6. The highest BCUT2D eigenvalue weighted by molar-refractivity contribution is 7.89. The van der Waals surface area contributed by atoms with Gasteiger partial charge in [-0.15, -0.1) is 11.3 Å². The van der Waals surface area contributed by atoms with Gasteiger partial charge in [-0.25, -0.2) is 12.7 Å². The molecule has 25 heavy (non-hydrogen) atoms. The molecular formula is C17H21ClN2O3S2. The van der Waals surface area contributed by atoms with Crippen LogP contribution in [0.15, 0.2) is 35.2 Å². The molecule has 2 rings (SSSR count). The van der Waals surface area contributed by atoms with Gasteiger partial charge >= 0.3 is 0 Å². The van der Waals surface area contributed by atoms with Crippen molar-refractivity contribution in [3.8, 4) is 0 Å². The quantitative estimate of drug-likeness (QED) is 0.744. The molecule has 0 spiro atoms. The van der Waals surface area contributed by atoms with Gasteiger partial charge in [-0.2, -0.15) is 0 Å². The van der Waals surface area contributed by atoms with Crippen molar-refractivity contribution in [1.82, 2.24) is 9.21 Å². The molecule has 0 saturated carbocycles. The minimum atomic E-state index is -3.59. The van der Waals surface area contributed by atoms with E-state index in [4.69, 9.17) is 11.6 Å². The lowest BCUT2D eigenvalue weighted by Gasteiger charge is -2.22. The molecule has 0 saturated heterocycles. The van der Waals surface area contributed by atoms with Crippen LogP contribution in [0.2, 0.25) is 4.34 Å². The van der Waals surface area contributed by atoms with E-state index in [1.54, 1.807) is 24.0 Å². The van der Waals surface area contributed by atoms with Crippen molar-refractivity contribution in [2.75, 3.05) is 20.6 Å². The third kappa shape index (κ3) is 4.41. The van der Waals surface area contributed by atoms with Gasteiger partial charge in [0.05, 0.1) is 15.8 Å². The molecule has 0 bridgehead atoms. The highest BCUT2D eigenvalue weighted by Crippen LogP contribution is 2.24.